The first-order chi connectivity index (χ1) is 11.2. The zero-order valence-electron chi connectivity index (χ0n) is 13.4. The van der Waals surface area contributed by atoms with Gasteiger partial charge in [-0.2, -0.15) is 0 Å². The summed E-state index contributed by atoms with van der Waals surface area (Å²) in [6.07, 6.45) is 1.31. The molecule has 2 N–H and O–H groups in total. The van der Waals surface area contributed by atoms with E-state index < -0.39 is 0 Å². The van der Waals surface area contributed by atoms with E-state index in [1.807, 2.05) is 0 Å². The van der Waals surface area contributed by atoms with Crippen LogP contribution in [0.2, 0.25) is 0 Å². The van der Waals surface area contributed by atoms with Gasteiger partial charge >= 0.3 is 0 Å². The average molecular weight is 322 g/mol. The summed E-state index contributed by atoms with van der Waals surface area (Å²) in [6.45, 7) is 1.33. The van der Waals surface area contributed by atoms with Gasteiger partial charge in [0, 0.05) is 25.3 Å². The number of hydrogen-bond donors (Lipinski definition) is 2. The molecule has 1 aromatic rings. The zero-order valence-corrected chi connectivity index (χ0v) is 13.4. The van der Waals surface area contributed by atoms with Crippen LogP contribution in [0.15, 0.2) is 18.2 Å². The third-order valence-corrected chi connectivity index (χ3v) is 3.58. The van der Waals surface area contributed by atoms with Crippen LogP contribution < -0.4 is 20.1 Å². The standard InChI is InChI=1S/C16H22N2O5/c1-21-12-6-5-11(10-14(12)22-2)15(19)17-7-8-18-16(20)13-4-3-9-23-13/h5-6,10,13H,3-4,7-9H2,1-2H3,(H,17,19)(H,18,20). The quantitative estimate of drug-likeness (QED) is 0.723. The molecule has 2 rings (SSSR count). The largest absolute Gasteiger partial charge is 0.493 e. The van der Waals surface area contributed by atoms with Crippen molar-refractivity contribution in [2.75, 3.05) is 33.9 Å². The fraction of sp³-hybridized carbons (Fsp3) is 0.500. The van der Waals surface area contributed by atoms with Crippen molar-refractivity contribution in [2.45, 2.75) is 18.9 Å². The fourth-order valence-electron chi connectivity index (χ4n) is 2.34. The molecule has 0 radical (unpaired) electrons. The van der Waals surface area contributed by atoms with E-state index in [1.165, 1.54) is 14.2 Å². The Morgan fingerprint density at radius 1 is 1.17 bits per heavy atom. The van der Waals surface area contributed by atoms with Gasteiger partial charge in [-0.3, -0.25) is 9.59 Å². The van der Waals surface area contributed by atoms with Crippen LogP contribution in [0.5, 0.6) is 11.5 Å². The van der Waals surface area contributed by atoms with E-state index in [-0.39, 0.29) is 17.9 Å². The number of ether oxygens (including phenoxy) is 3. The molecule has 1 aliphatic rings. The van der Waals surface area contributed by atoms with Crippen molar-refractivity contribution in [3.05, 3.63) is 23.8 Å². The van der Waals surface area contributed by atoms with Crippen LogP contribution in [0.4, 0.5) is 0 Å². The summed E-state index contributed by atoms with van der Waals surface area (Å²) < 4.78 is 15.6. The number of amides is 2. The second-order valence-electron chi connectivity index (χ2n) is 5.12. The summed E-state index contributed by atoms with van der Waals surface area (Å²) in [5.74, 6) is 0.694. The molecule has 2 amide bonds. The highest BCUT2D eigenvalue weighted by Crippen LogP contribution is 2.27. The highest BCUT2D eigenvalue weighted by molar-refractivity contribution is 5.94. The first kappa shape index (κ1) is 17.1. The molecule has 126 valence electrons. The number of carbonyl (C=O) groups excluding carboxylic acids is 2. The van der Waals surface area contributed by atoms with Crippen LogP contribution in [-0.4, -0.2) is 51.8 Å². The maximum Gasteiger partial charge on any atom is 0.251 e. The molecule has 23 heavy (non-hydrogen) atoms. The molecule has 1 saturated heterocycles. The van der Waals surface area contributed by atoms with Crippen molar-refractivity contribution in [2.24, 2.45) is 0 Å². The van der Waals surface area contributed by atoms with Gasteiger partial charge in [-0.25, -0.2) is 0 Å². The third-order valence-electron chi connectivity index (χ3n) is 3.58. The van der Waals surface area contributed by atoms with Crippen molar-refractivity contribution >= 4 is 11.8 Å². The van der Waals surface area contributed by atoms with Crippen LogP contribution in [0, 0.1) is 0 Å². The molecule has 1 unspecified atom stereocenters. The van der Waals surface area contributed by atoms with Gasteiger partial charge in [0.25, 0.3) is 5.91 Å². The molecule has 1 atom stereocenters. The molecular weight excluding hydrogens is 300 g/mol. The first-order valence-electron chi connectivity index (χ1n) is 7.55. The predicted octanol–water partition coefficient (Wildman–Crippen LogP) is 0.729. The van der Waals surface area contributed by atoms with Gasteiger partial charge in [0.15, 0.2) is 11.5 Å². The van der Waals surface area contributed by atoms with Gasteiger partial charge in [-0.05, 0) is 31.0 Å². The van der Waals surface area contributed by atoms with Gasteiger partial charge in [0.2, 0.25) is 5.91 Å². The highest BCUT2D eigenvalue weighted by atomic mass is 16.5. The van der Waals surface area contributed by atoms with Crippen LogP contribution in [0.1, 0.15) is 23.2 Å². The van der Waals surface area contributed by atoms with E-state index in [1.54, 1.807) is 18.2 Å². The van der Waals surface area contributed by atoms with Crippen molar-refractivity contribution in [1.82, 2.24) is 10.6 Å². The molecule has 1 aliphatic heterocycles. The number of carbonyl (C=O) groups is 2. The Morgan fingerprint density at radius 3 is 2.57 bits per heavy atom. The number of hydrogen-bond acceptors (Lipinski definition) is 5. The molecular formula is C16H22N2O5. The highest BCUT2D eigenvalue weighted by Gasteiger charge is 2.22. The Labute approximate surface area is 135 Å². The molecule has 1 fully saturated rings. The van der Waals surface area contributed by atoms with E-state index in [2.05, 4.69) is 10.6 Å². The minimum absolute atomic E-state index is 0.122. The minimum Gasteiger partial charge on any atom is -0.493 e. The zero-order chi connectivity index (χ0) is 16.7. The molecule has 0 aromatic heterocycles. The van der Waals surface area contributed by atoms with E-state index in [9.17, 15) is 9.59 Å². The summed E-state index contributed by atoms with van der Waals surface area (Å²) in [5.41, 5.74) is 0.466. The van der Waals surface area contributed by atoms with E-state index >= 15 is 0 Å². The van der Waals surface area contributed by atoms with Gasteiger partial charge in [0.05, 0.1) is 14.2 Å². The number of nitrogens with one attached hydrogen (secondary N) is 2. The number of methoxy groups -OCH3 is 2. The lowest BCUT2D eigenvalue weighted by atomic mass is 10.2. The molecule has 0 saturated carbocycles. The van der Waals surface area contributed by atoms with Gasteiger partial charge in [-0.1, -0.05) is 0 Å². The Morgan fingerprint density at radius 2 is 1.91 bits per heavy atom. The van der Waals surface area contributed by atoms with E-state index in [0.29, 0.717) is 36.8 Å². The van der Waals surface area contributed by atoms with Crippen LogP contribution in [0.3, 0.4) is 0 Å². The SMILES string of the molecule is COc1ccc(C(=O)NCCNC(=O)C2CCCO2)cc1OC. The lowest BCUT2D eigenvalue weighted by Gasteiger charge is -2.12. The van der Waals surface area contributed by atoms with Crippen molar-refractivity contribution in [1.29, 1.82) is 0 Å². The Balaban J connectivity index is 1.77. The van der Waals surface area contributed by atoms with E-state index in [0.717, 1.165) is 12.8 Å². The normalized spacial score (nSPS) is 16.7. The summed E-state index contributed by atoms with van der Waals surface area (Å²) in [7, 11) is 3.05. The average Bonchev–Trinajstić information content (AvgIpc) is 3.12. The summed E-state index contributed by atoms with van der Waals surface area (Å²) in [5, 5.41) is 5.49. The van der Waals surface area contributed by atoms with Gasteiger partial charge in [-0.15, -0.1) is 0 Å². The van der Waals surface area contributed by atoms with Crippen LogP contribution in [0.25, 0.3) is 0 Å². The molecule has 0 bridgehead atoms. The van der Waals surface area contributed by atoms with Crippen LogP contribution in [-0.2, 0) is 9.53 Å². The van der Waals surface area contributed by atoms with Gasteiger partial charge < -0.3 is 24.8 Å². The fourth-order valence-corrected chi connectivity index (χ4v) is 2.34. The summed E-state index contributed by atoms with van der Waals surface area (Å²) in [4.78, 5) is 23.8. The Bertz CT molecular complexity index is 555. The van der Waals surface area contributed by atoms with E-state index in [4.69, 9.17) is 14.2 Å². The minimum atomic E-state index is -0.350. The van der Waals surface area contributed by atoms with Crippen LogP contribution >= 0.6 is 0 Å². The lowest BCUT2D eigenvalue weighted by Crippen LogP contribution is -2.39. The topological polar surface area (TPSA) is 85.9 Å². The number of rotatable bonds is 7. The Hall–Kier alpha value is -2.28. The van der Waals surface area contributed by atoms with Crippen molar-refractivity contribution in [3.8, 4) is 11.5 Å². The Kier molecular flexibility index (Phi) is 6.22. The second kappa shape index (κ2) is 8.38. The van der Waals surface area contributed by atoms with Gasteiger partial charge in [0.1, 0.15) is 6.10 Å². The molecule has 1 heterocycles. The van der Waals surface area contributed by atoms with Crippen molar-refractivity contribution in [3.63, 3.8) is 0 Å². The molecule has 0 spiro atoms. The molecule has 7 heteroatoms. The molecule has 0 aliphatic carbocycles. The molecule has 1 aromatic carbocycles. The number of benzene rings is 1. The summed E-state index contributed by atoms with van der Waals surface area (Å²) in [6, 6.07) is 4.94. The van der Waals surface area contributed by atoms with Crippen molar-refractivity contribution < 1.29 is 23.8 Å². The lowest BCUT2D eigenvalue weighted by molar-refractivity contribution is -0.129. The predicted molar refractivity (Wildman–Crippen MR) is 83.9 cm³/mol. The summed E-state index contributed by atoms with van der Waals surface area (Å²) >= 11 is 0. The monoisotopic (exact) mass is 322 g/mol. The maximum absolute atomic E-state index is 12.1. The molecule has 7 nitrogen and oxygen atoms in total. The smallest absolute Gasteiger partial charge is 0.251 e. The third kappa shape index (κ3) is 4.59. The second-order valence-corrected chi connectivity index (χ2v) is 5.12. The first-order valence-corrected chi connectivity index (χ1v) is 7.55. The maximum atomic E-state index is 12.1.